The Morgan fingerprint density at radius 3 is 2.67 bits per heavy atom. The molecule has 4 heterocycles. The summed E-state index contributed by atoms with van der Waals surface area (Å²) in [6.45, 7) is 0.449. The van der Waals surface area contributed by atoms with Crippen molar-refractivity contribution in [2.75, 3.05) is 4.90 Å². The van der Waals surface area contributed by atoms with Crippen molar-refractivity contribution in [2.45, 2.75) is 69.2 Å². The van der Waals surface area contributed by atoms with Crippen LogP contribution in [0.5, 0.6) is 0 Å². The number of aromatic carboxylic acids is 1. The van der Waals surface area contributed by atoms with Crippen molar-refractivity contribution in [3.05, 3.63) is 63.9 Å². The third-order valence-corrected chi connectivity index (χ3v) is 9.50. The molecule has 2 unspecified atom stereocenters. The topological polar surface area (TPSA) is 88.7 Å². The number of carbonyl (C=O) groups is 1. The summed E-state index contributed by atoms with van der Waals surface area (Å²) in [6, 6.07) is 11.6. The molecule has 4 aromatic rings. The van der Waals surface area contributed by atoms with Crippen LogP contribution in [0.25, 0.3) is 21.5 Å². The number of carboxylic acid groups (broad SMARTS) is 1. The number of ether oxygens (including phenoxy) is 1. The lowest BCUT2D eigenvalue weighted by Gasteiger charge is -2.38. The first-order valence-corrected chi connectivity index (χ1v) is 14.5. The lowest BCUT2D eigenvalue weighted by Crippen LogP contribution is -2.45. The maximum atomic E-state index is 11.6. The number of fused-ring (bicyclic) bond motifs is 3. The third kappa shape index (κ3) is 4.39. The SMILES string of the molecule is C#Cc1cc(C(=O)O)cc2sc(N3C4CCC3CC(OCc3c(-c5ccccc5Cl)noc3C3CC3)C4)nc12. The fourth-order valence-electron chi connectivity index (χ4n) is 6.13. The van der Waals surface area contributed by atoms with Gasteiger partial charge in [0, 0.05) is 29.1 Å². The molecule has 0 spiro atoms. The van der Waals surface area contributed by atoms with Gasteiger partial charge in [0.15, 0.2) is 5.13 Å². The molecule has 3 fully saturated rings. The molecule has 0 radical (unpaired) electrons. The summed E-state index contributed by atoms with van der Waals surface area (Å²) in [5, 5.41) is 15.5. The van der Waals surface area contributed by atoms with Gasteiger partial charge in [0.05, 0.1) is 39.1 Å². The number of halogens is 1. The second-order valence-electron chi connectivity index (χ2n) is 10.6. The first-order valence-electron chi connectivity index (χ1n) is 13.3. The number of nitrogens with zero attached hydrogens (tertiary/aromatic N) is 3. The number of aromatic nitrogens is 2. The van der Waals surface area contributed by atoms with Gasteiger partial charge in [0.2, 0.25) is 0 Å². The first kappa shape index (κ1) is 24.6. The van der Waals surface area contributed by atoms with Crippen molar-refractivity contribution in [3.8, 4) is 23.6 Å². The predicted molar refractivity (Wildman–Crippen MR) is 151 cm³/mol. The fourth-order valence-corrected chi connectivity index (χ4v) is 7.53. The van der Waals surface area contributed by atoms with Crippen LogP contribution in [0.4, 0.5) is 5.13 Å². The number of terminal acetylenes is 1. The minimum atomic E-state index is -0.989. The molecular formula is C30H26ClN3O4S. The summed E-state index contributed by atoms with van der Waals surface area (Å²) in [4.78, 5) is 18.9. The highest BCUT2D eigenvalue weighted by Crippen LogP contribution is 2.46. The fraction of sp³-hybridized carbons (Fsp3) is 0.367. The molecule has 0 amide bonds. The van der Waals surface area contributed by atoms with Crippen molar-refractivity contribution in [2.24, 2.45) is 0 Å². The average molecular weight is 560 g/mol. The molecule has 7 nitrogen and oxygen atoms in total. The zero-order chi connectivity index (χ0) is 26.7. The zero-order valence-electron chi connectivity index (χ0n) is 21.1. The molecule has 9 heteroatoms. The van der Waals surface area contributed by atoms with E-state index >= 15 is 0 Å². The Kier molecular flexibility index (Phi) is 6.11. The molecule has 1 N–H and O–H groups in total. The Morgan fingerprint density at radius 2 is 1.97 bits per heavy atom. The number of rotatable bonds is 7. The molecule has 2 saturated heterocycles. The molecule has 2 atom stereocenters. The Balaban J connectivity index is 1.11. The summed E-state index contributed by atoms with van der Waals surface area (Å²) in [5.41, 5.74) is 4.08. The maximum absolute atomic E-state index is 11.6. The van der Waals surface area contributed by atoms with Crippen molar-refractivity contribution in [1.29, 1.82) is 0 Å². The smallest absolute Gasteiger partial charge is 0.335 e. The van der Waals surface area contributed by atoms with Gasteiger partial charge in [-0.25, -0.2) is 9.78 Å². The van der Waals surface area contributed by atoms with E-state index in [4.69, 9.17) is 32.3 Å². The van der Waals surface area contributed by atoms with Crippen LogP contribution in [-0.4, -0.2) is 39.4 Å². The minimum absolute atomic E-state index is 0.119. The van der Waals surface area contributed by atoms with Crippen molar-refractivity contribution in [1.82, 2.24) is 10.1 Å². The molecule has 2 aromatic carbocycles. The largest absolute Gasteiger partial charge is 0.478 e. The van der Waals surface area contributed by atoms with E-state index < -0.39 is 5.97 Å². The van der Waals surface area contributed by atoms with Crippen LogP contribution in [0.2, 0.25) is 5.02 Å². The first-order chi connectivity index (χ1) is 19.0. The molecule has 1 saturated carbocycles. The lowest BCUT2D eigenvalue weighted by molar-refractivity contribution is 0.0147. The molecule has 198 valence electrons. The zero-order valence-corrected chi connectivity index (χ0v) is 22.7. The number of hydrogen-bond donors (Lipinski definition) is 1. The van der Waals surface area contributed by atoms with E-state index in [1.165, 1.54) is 17.4 Å². The van der Waals surface area contributed by atoms with E-state index in [2.05, 4.69) is 16.0 Å². The summed E-state index contributed by atoms with van der Waals surface area (Å²) in [5.74, 6) is 2.98. The van der Waals surface area contributed by atoms with Gasteiger partial charge in [-0.15, -0.1) is 6.42 Å². The predicted octanol–water partition coefficient (Wildman–Crippen LogP) is 6.88. The summed E-state index contributed by atoms with van der Waals surface area (Å²) < 4.78 is 13.2. The van der Waals surface area contributed by atoms with Crippen LogP contribution >= 0.6 is 22.9 Å². The number of piperidine rings is 1. The van der Waals surface area contributed by atoms with Crippen molar-refractivity contribution in [3.63, 3.8) is 0 Å². The van der Waals surface area contributed by atoms with E-state index in [-0.39, 0.29) is 11.7 Å². The van der Waals surface area contributed by atoms with Gasteiger partial charge < -0.3 is 19.3 Å². The molecule has 1 aliphatic carbocycles. The summed E-state index contributed by atoms with van der Waals surface area (Å²) in [6.07, 6.45) is 12.0. The third-order valence-electron chi connectivity index (χ3n) is 8.16. The number of anilines is 1. The van der Waals surface area contributed by atoms with Gasteiger partial charge in [-0.1, -0.05) is 52.2 Å². The van der Waals surface area contributed by atoms with Gasteiger partial charge in [-0.3, -0.25) is 0 Å². The normalized spacial score (nSPS) is 22.4. The Hall–Kier alpha value is -3.38. The molecule has 2 aromatic heterocycles. The second-order valence-corrected chi connectivity index (χ2v) is 12.1. The summed E-state index contributed by atoms with van der Waals surface area (Å²) >= 11 is 8.02. The van der Waals surface area contributed by atoms with Crippen molar-refractivity contribution < 1.29 is 19.2 Å². The minimum Gasteiger partial charge on any atom is -0.478 e. The highest BCUT2D eigenvalue weighted by molar-refractivity contribution is 7.22. The van der Waals surface area contributed by atoms with Gasteiger partial charge in [0.1, 0.15) is 11.5 Å². The lowest BCUT2D eigenvalue weighted by atomic mass is 10.00. The molecule has 2 bridgehead atoms. The maximum Gasteiger partial charge on any atom is 0.335 e. The van der Waals surface area contributed by atoms with E-state index in [0.717, 1.165) is 70.9 Å². The number of hydrogen-bond acceptors (Lipinski definition) is 7. The van der Waals surface area contributed by atoms with E-state index in [0.29, 0.717) is 40.7 Å². The monoisotopic (exact) mass is 559 g/mol. The van der Waals surface area contributed by atoms with E-state index in [1.54, 1.807) is 6.07 Å². The Bertz CT molecular complexity index is 1620. The summed E-state index contributed by atoms with van der Waals surface area (Å²) in [7, 11) is 0. The number of thiazole rings is 1. The highest BCUT2D eigenvalue weighted by Gasteiger charge is 2.43. The van der Waals surface area contributed by atoms with Crippen LogP contribution in [0.15, 0.2) is 40.9 Å². The van der Waals surface area contributed by atoms with Crippen LogP contribution in [0, 0.1) is 12.3 Å². The van der Waals surface area contributed by atoms with Gasteiger partial charge in [0.25, 0.3) is 0 Å². The van der Waals surface area contributed by atoms with Crippen LogP contribution in [-0.2, 0) is 11.3 Å². The molecule has 2 aliphatic heterocycles. The Labute approximate surface area is 234 Å². The van der Waals surface area contributed by atoms with E-state index in [9.17, 15) is 9.90 Å². The molecule has 3 aliphatic rings. The van der Waals surface area contributed by atoms with Gasteiger partial charge >= 0.3 is 5.97 Å². The molecular weight excluding hydrogens is 534 g/mol. The van der Waals surface area contributed by atoms with Gasteiger partial charge in [-0.05, 0) is 56.7 Å². The Morgan fingerprint density at radius 1 is 1.21 bits per heavy atom. The number of carboxylic acids is 1. The standard InChI is InChI=1S/C30H26ClN3O4S/c1-2-16-11-18(29(35)36)12-25-26(16)32-30(39-25)34-19-9-10-20(34)14-21(13-19)37-15-23-27(22-5-3-4-6-24(22)31)33-38-28(23)17-7-8-17/h1,3-6,11-12,17,19-21H,7-10,13-15H2,(H,35,36). The van der Waals surface area contributed by atoms with Crippen LogP contribution < -0.4 is 4.90 Å². The van der Waals surface area contributed by atoms with Gasteiger partial charge in [-0.2, -0.15) is 0 Å². The quantitative estimate of drug-likeness (QED) is 0.247. The molecule has 39 heavy (non-hydrogen) atoms. The van der Waals surface area contributed by atoms with Crippen LogP contribution in [0.3, 0.4) is 0 Å². The highest BCUT2D eigenvalue weighted by atomic mass is 35.5. The average Bonchev–Trinajstić information content (AvgIpc) is 3.45. The molecule has 7 rings (SSSR count). The van der Waals surface area contributed by atoms with Crippen molar-refractivity contribution >= 4 is 44.3 Å². The van der Waals surface area contributed by atoms with E-state index in [1.807, 2.05) is 24.3 Å². The van der Waals surface area contributed by atoms with Crippen LogP contribution in [0.1, 0.15) is 71.7 Å². The second kappa shape index (κ2) is 9.67. The number of benzene rings is 2.